The first-order valence-corrected chi connectivity index (χ1v) is 22.3. The number of amides is 8. The summed E-state index contributed by atoms with van der Waals surface area (Å²) in [6.45, 7) is 3.27. The molecular weight excluding hydrogens is 809 g/mol. The van der Waals surface area contributed by atoms with Gasteiger partial charge in [-0.05, 0) is 121 Å². The van der Waals surface area contributed by atoms with Crippen molar-refractivity contribution in [2.45, 2.75) is 121 Å². The normalized spacial score (nSPS) is 12.3. The molecule has 350 valence electrons. The standard InChI is InChI=1S/C44H72N12O7/c1-31-20-21-32(34-16-9-15-25-49-34)28-33(31)41(60)50-26-13-4-2-3-5-14-27-51-44(63)53-29-38(57)52-30-39(58)54-36(18-7-11-23-46)42(61)56-37(19-8-12-24-47)43(62)55-35(40(48)59)17-6-10-22-45/h9,15-16,20-21,25,28,35-37H,2-8,10-14,17-19,22-24,26-27,29-30,45-47H2,1H3,(H2,48,59)(H,50,60)(H,52,57)(H,54,58)(H,55,62)(H,56,61)(H2,51,53,63)/t35-,36-,37-/m0/s1. The largest absolute Gasteiger partial charge is 0.368 e. The zero-order valence-corrected chi connectivity index (χ0v) is 36.9. The highest BCUT2D eigenvalue weighted by Crippen LogP contribution is 2.20. The van der Waals surface area contributed by atoms with Crippen molar-refractivity contribution in [2.24, 2.45) is 22.9 Å². The maximum absolute atomic E-state index is 13.5. The van der Waals surface area contributed by atoms with E-state index in [0.717, 1.165) is 55.3 Å². The van der Waals surface area contributed by atoms with Crippen molar-refractivity contribution >= 4 is 41.5 Å². The number of carbonyl (C=O) groups is 7. The van der Waals surface area contributed by atoms with E-state index < -0.39 is 60.2 Å². The number of nitrogens with two attached hydrogens (primary N) is 4. The summed E-state index contributed by atoms with van der Waals surface area (Å²) in [6.07, 6.45) is 11.3. The van der Waals surface area contributed by atoms with Gasteiger partial charge >= 0.3 is 6.03 Å². The monoisotopic (exact) mass is 881 g/mol. The Morgan fingerprint density at radius 2 is 1.11 bits per heavy atom. The second-order valence-electron chi connectivity index (χ2n) is 15.5. The SMILES string of the molecule is Cc1ccc(-c2ccccn2)cc1C(=O)NCCCCCCCCNC(=O)NCC(=O)NCC(=O)N[C@@H](CCCCN)C(=O)N[C@@H](CCCCN)C(=O)N[C@@H](CCCCN)C(N)=O. The molecule has 19 heteroatoms. The van der Waals surface area contributed by atoms with E-state index in [1.165, 1.54) is 0 Å². The average molecular weight is 881 g/mol. The summed E-state index contributed by atoms with van der Waals surface area (Å²) in [4.78, 5) is 93.4. The minimum atomic E-state index is -1.05. The van der Waals surface area contributed by atoms with Gasteiger partial charge in [0.2, 0.25) is 29.5 Å². The fourth-order valence-corrected chi connectivity index (χ4v) is 6.57. The van der Waals surface area contributed by atoms with E-state index >= 15 is 0 Å². The van der Waals surface area contributed by atoms with Gasteiger partial charge in [-0.15, -0.1) is 0 Å². The van der Waals surface area contributed by atoms with Crippen LogP contribution >= 0.6 is 0 Å². The molecular formula is C44H72N12O7. The lowest BCUT2D eigenvalue weighted by atomic mass is 10.0. The number of aryl methyl sites for hydroxylation is 1. The fraction of sp³-hybridized carbons (Fsp3) is 0.591. The summed E-state index contributed by atoms with van der Waals surface area (Å²) in [5.74, 6) is -3.28. The van der Waals surface area contributed by atoms with Crippen LogP contribution in [0.5, 0.6) is 0 Å². The van der Waals surface area contributed by atoms with Gasteiger partial charge in [0.05, 0.1) is 18.8 Å². The third-order valence-electron chi connectivity index (χ3n) is 10.3. The molecule has 0 radical (unpaired) electrons. The van der Waals surface area contributed by atoms with Gasteiger partial charge in [0.25, 0.3) is 5.91 Å². The minimum absolute atomic E-state index is 0.102. The van der Waals surface area contributed by atoms with Crippen LogP contribution in [0.3, 0.4) is 0 Å². The van der Waals surface area contributed by atoms with Crippen molar-refractivity contribution < 1.29 is 33.6 Å². The van der Waals surface area contributed by atoms with Gasteiger partial charge in [-0.2, -0.15) is 0 Å². The zero-order chi connectivity index (χ0) is 46.2. The molecule has 2 rings (SSSR count). The van der Waals surface area contributed by atoms with Crippen LogP contribution in [0.4, 0.5) is 4.79 Å². The second kappa shape index (κ2) is 32.1. The Bertz CT molecular complexity index is 1720. The summed E-state index contributed by atoms with van der Waals surface area (Å²) < 4.78 is 0. The van der Waals surface area contributed by atoms with E-state index in [1.54, 1.807) is 6.20 Å². The van der Waals surface area contributed by atoms with Gasteiger partial charge in [-0.1, -0.05) is 43.9 Å². The highest BCUT2D eigenvalue weighted by molar-refractivity contribution is 5.97. The molecule has 15 N–H and O–H groups in total. The maximum atomic E-state index is 13.5. The maximum Gasteiger partial charge on any atom is 0.315 e. The first-order valence-electron chi connectivity index (χ1n) is 22.3. The van der Waals surface area contributed by atoms with E-state index in [9.17, 15) is 33.6 Å². The van der Waals surface area contributed by atoms with Crippen molar-refractivity contribution in [1.82, 2.24) is 42.2 Å². The lowest BCUT2D eigenvalue weighted by Crippen LogP contribution is -2.57. The number of hydrogen-bond donors (Lipinski definition) is 11. The van der Waals surface area contributed by atoms with Crippen LogP contribution in [0.1, 0.15) is 112 Å². The minimum Gasteiger partial charge on any atom is -0.368 e. The van der Waals surface area contributed by atoms with E-state index in [2.05, 4.69) is 42.2 Å². The van der Waals surface area contributed by atoms with Gasteiger partial charge in [0, 0.05) is 30.4 Å². The molecule has 3 atom stereocenters. The molecule has 8 amide bonds. The molecule has 19 nitrogen and oxygen atoms in total. The lowest BCUT2D eigenvalue weighted by molar-refractivity contribution is -0.133. The smallest absolute Gasteiger partial charge is 0.315 e. The number of carbonyl (C=O) groups excluding carboxylic acids is 7. The van der Waals surface area contributed by atoms with Gasteiger partial charge in [0.1, 0.15) is 18.1 Å². The molecule has 1 aromatic carbocycles. The van der Waals surface area contributed by atoms with Crippen LogP contribution < -0.4 is 60.2 Å². The third-order valence-corrected chi connectivity index (χ3v) is 10.3. The van der Waals surface area contributed by atoms with E-state index in [0.29, 0.717) is 83.2 Å². The van der Waals surface area contributed by atoms with Crippen LogP contribution in [-0.2, 0) is 24.0 Å². The fourth-order valence-electron chi connectivity index (χ4n) is 6.57. The van der Waals surface area contributed by atoms with Crippen molar-refractivity contribution in [3.8, 4) is 11.3 Å². The Kier molecular flexibility index (Phi) is 27.2. The van der Waals surface area contributed by atoms with Gasteiger partial charge in [-0.3, -0.25) is 33.8 Å². The summed E-state index contributed by atoms with van der Waals surface area (Å²) >= 11 is 0. The second-order valence-corrected chi connectivity index (χ2v) is 15.5. The molecule has 0 bridgehead atoms. The lowest BCUT2D eigenvalue weighted by Gasteiger charge is -2.25. The van der Waals surface area contributed by atoms with E-state index in [1.807, 2.05) is 43.3 Å². The van der Waals surface area contributed by atoms with Crippen molar-refractivity contribution in [3.63, 3.8) is 0 Å². The molecule has 0 aliphatic carbocycles. The average Bonchev–Trinajstić information content (AvgIpc) is 3.27. The predicted octanol–water partition coefficient (Wildman–Crippen LogP) is 0.870. The summed E-state index contributed by atoms with van der Waals surface area (Å²) in [6, 6.07) is 7.91. The number of aromatic nitrogens is 1. The van der Waals surface area contributed by atoms with Crippen molar-refractivity contribution in [2.75, 3.05) is 45.8 Å². The summed E-state index contributed by atoms with van der Waals surface area (Å²) in [5.41, 5.74) is 25.6. The number of benzene rings is 1. The molecule has 63 heavy (non-hydrogen) atoms. The Morgan fingerprint density at radius 1 is 0.571 bits per heavy atom. The van der Waals surface area contributed by atoms with Crippen LogP contribution in [-0.4, -0.2) is 110 Å². The number of unbranched alkanes of at least 4 members (excludes halogenated alkanes) is 8. The third kappa shape index (κ3) is 22.8. The predicted molar refractivity (Wildman–Crippen MR) is 243 cm³/mol. The molecule has 0 aliphatic heterocycles. The number of hydrogen-bond acceptors (Lipinski definition) is 11. The highest BCUT2D eigenvalue weighted by Gasteiger charge is 2.29. The number of nitrogens with zero attached hydrogens (tertiary/aromatic N) is 1. The first-order chi connectivity index (χ1) is 30.4. The molecule has 0 spiro atoms. The van der Waals surface area contributed by atoms with E-state index in [4.69, 9.17) is 22.9 Å². The van der Waals surface area contributed by atoms with Gasteiger partial charge < -0.3 is 60.2 Å². The Morgan fingerprint density at radius 3 is 1.68 bits per heavy atom. The van der Waals surface area contributed by atoms with E-state index in [-0.39, 0.29) is 25.3 Å². The molecule has 1 aromatic heterocycles. The number of pyridine rings is 1. The van der Waals surface area contributed by atoms with Crippen molar-refractivity contribution in [1.29, 1.82) is 0 Å². The molecule has 0 unspecified atom stereocenters. The summed E-state index contributed by atoms with van der Waals surface area (Å²) in [7, 11) is 0. The van der Waals surface area contributed by atoms with Crippen LogP contribution in [0, 0.1) is 6.92 Å². The summed E-state index contributed by atoms with van der Waals surface area (Å²) in [5, 5.41) is 18.6. The number of nitrogens with one attached hydrogen (secondary N) is 7. The highest BCUT2D eigenvalue weighted by atomic mass is 16.2. The molecule has 2 aromatic rings. The van der Waals surface area contributed by atoms with Crippen molar-refractivity contribution in [3.05, 3.63) is 53.7 Å². The number of rotatable bonds is 33. The van der Waals surface area contributed by atoms with Gasteiger partial charge in [0.15, 0.2) is 0 Å². The zero-order valence-electron chi connectivity index (χ0n) is 36.9. The van der Waals surface area contributed by atoms with Crippen LogP contribution in [0.15, 0.2) is 42.6 Å². The topological polar surface area (TPSA) is 321 Å². The van der Waals surface area contributed by atoms with Crippen LogP contribution in [0.25, 0.3) is 11.3 Å². The Balaban J connectivity index is 1.68. The molecule has 0 saturated heterocycles. The Labute approximate surface area is 371 Å². The number of urea groups is 1. The quantitative estimate of drug-likeness (QED) is 0.0447. The number of primary amides is 1. The molecule has 0 aliphatic rings. The molecule has 0 saturated carbocycles. The Hall–Kier alpha value is -5.66. The van der Waals surface area contributed by atoms with Crippen LogP contribution in [0.2, 0.25) is 0 Å². The molecule has 1 heterocycles. The first kappa shape index (κ1) is 53.5. The van der Waals surface area contributed by atoms with Gasteiger partial charge in [-0.25, -0.2) is 4.79 Å². The molecule has 0 fully saturated rings.